The predicted molar refractivity (Wildman–Crippen MR) is 85.2 cm³/mol. The largest absolute Gasteiger partial charge is 0.433 e. The SMILES string of the molecule is O=[N+]([O-])c1ccc(-c2nnc(SC(Cl)c3ccccc3)s2)o1. The Labute approximate surface area is 138 Å². The van der Waals surface area contributed by atoms with Crippen LogP contribution in [0.3, 0.4) is 0 Å². The van der Waals surface area contributed by atoms with E-state index in [2.05, 4.69) is 10.2 Å². The monoisotopic (exact) mass is 353 g/mol. The summed E-state index contributed by atoms with van der Waals surface area (Å²) >= 11 is 8.96. The summed E-state index contributed by atoms with van der Waals surface area (Å²) in [6.45, 7) is 0. The van der Waals surface area contributed by atoms with Crippen LogP contribution in [0.25, 0.3) is 10.8 Å². The number of aromatic nitrogens is 2. The first-order chi connectivity index (χ1) is 10.6. The van der Waals surface area contributed by atoms with E-state index in [1.807, 2.05) is 30.3 Å². The summed E-state index contributed by atoms with van der Waals surface area (Å²) in [7, 11) is 0. The number of rotatable bonds is 5. The fraction of sp³-hybridized carbons (Fsp3) is 0.0769. The Morgan fingerprint density at radius 3 is 2.68 bits per heavy atom. The Morgan fingerprint density at radius 1 is 1.23 bits per heavy atom. The summed E-state index contributed by atoms with van der Waals surface area (Å²) in [4.78, 5) is 10.0. The Hall–Kier alpha value is -1.90. The number of hydrogen-bond donors (Lipinski definition) is 0. The van der Waals surface area contributed by atoms with E-state index in [0.717, 1.165) is 5.56 Å². The van der Waals surface area contributed by atoms with Gasteiger partial charge in [0.15, 0.2) is 15.1 Å². The van der Waals surface area contributed by atoms with E-state index in [9.17, 15) is 10.1 Å². The van der Waals surface area contributed by atoms with Gasteiger partial charge in [-0.2, -0.15) is 0 Å². The molecule has 1 aromatic carbocycles. The zero-order valence-electron chi connectivity index (χ0n) is 10.9. The zero-order chi connectivity index (χ0) is 15.5. The van der Waals surface area contributed by atoms with Gasteiger partial charge in [-0.1, -0.05) is 53.4 Å². The van der Waals surface area contributed by atoms with Gasteiger partial charge in [0.05, 0.1) is 6.07 Å². The van der Waals surface area contributed by atoms with Gasteiger partial charge < -0.3 is 4.42 Å². The maximum Gasteiger partial charge on any atom is 0.433 e. The van der Waals surface area contributed by atoms with Crippen LogP contribution in [-0.4, -0.2) is 15.1 Å². The Kier molecular flexibility index (Phi) is 4.41. The van der Waals surface area contributed by atoms with E-state index in [1.165, 1.54) is 35.2 Å². The first kappa shape index (κ1) is 15.0. The number of alkyl halides is 1. The summed E-state index contributed by atoms with van der Waals surface area (Å²) < 4.78 is 5.48. The molecule has 0 aliphatic carbocycles. The van der Waals surface area contributed by atoms with Gasteiger partial charge in [-0.25, -0.2) is 0 Å². The lowest BCUT2D eigenvalue weighted by atomic mass is 10.2. The molecule has 0 N–H and O–H groups in total. The molecule has 112 valence electrons. The fourth-order valence-corrected chi connectivity index (χ4v) is 4.03. The molecule has 0 saturated carbocycles. The number of furan rings is 1. The second-order valence-corrected chi connectivity index (χ2v) is 7.14. The Bertz CT molecular complexity index is 791. The van der Waals surface area contributed by atoms with E-state index in [0.29, 0.717) is 15.1 Å². The van der Waals surface area contributed by atoms with Crippen molar-refractivity contribution in [1.29, 1.82) is 0 Å². The Morgan fingerprint density at radius 2 is 2.00 bits per heavy atom. The average molecular weight is 354 g/mol. The summed E-state index contributed by atoms with van der Waals surface area (Å²) in [6.07, 6.45) is 0. The molecule has 1 unspecified atom stereocenters. The minimum Gasteiger partial charge on any atom is -0.398 e. The van der Waals surface area contributed by atoms with Crippen molar-refractivity contribution in [3.8, 4) is 10.8 Å². The van der Waals surface area contributed by atoms with Gasteiger partial charge >= 0.3 is 5.88 Å². The molecular formula is C13H8ClN3O3S2. The average Bonchev–Trinajstić information content (AvgIpc) is 3.16. The van der Waals surface area contributed by atoms with E-state index < -0.39 is 4.92 Å². The molecule has 0 amide bonds. The van der Waals surface area contributed by atoms with Gasteiger partial charge in [0.25, 0.3) is 0 Å². The van der Waals surface area contributed by atoms with Crippen LogP contribution in [0.15, 0.2) is 51.2 Å². The summed E-state index contributed by atoms with van der Waals surface area (Å²) in [6, 6.07) is 12.4. The molecule has 2 heterocycles. The molecule has 0 bridgehead atoms. The number of nitro groups is 1. The molecule has 9 heteroatoms. The second kappa shape index (κ2) is 6.47. The Balaban J connectivity index is 1.74. The maximum absolute atomic E-state index is 10.6. The lowest BCUT2D eigenvalue weighted by molar-refractivity contribution is -0.401. The van der Waals surface area contributed by atoms with Crippen molar-refractivity contribution in [2.75, 3.05) is 0 Å². The number of hydrogen-bond acceptors (Lipinski definition) is 7. The lowest BCUT2D eigenvalue weighted by Gasteiger charge is -2.05. The molecule has 1 atom stereocenters. The minimum absolute atomic E-state index is 0.284. The van der Waals surface area contributed by atoms with Gasteiger partial charge in [-0.15, -0.1) is 21.8 Å². The molecule has 0 saturated heterocycles. The van der Waals surface area contributed by atoms with Crippen molar-refractivity contribution in [3.63, 3.8) is 0 Å². The molecule has 0 aliphatic rings. The quantitative estimate of drug-likeness (QED) is 0.285. The van der Waals surface area contributed by atoms with Crippen LogP contribution in [0, 0.1) is 10.1 Å². The lowest BCUT2D eigenvalue weighted by Crippen LogP contribution is -1.83. The smallest absolute Gasteiger partial charge is 0.398 e. The van der Waals surface area contributed by atoms with E-state index in [-0.39, 0.29) is 10.6 Å². The number of thioether (sulfide) groups is 1. The third-order valence-electron chi connectivity index (χ3n) is 2.65. The van der Waals surface area contributed by atoms with Crippen molar-refractivity contribution in [2.24, 2.45) is 0 Å². The highest BCUT2D eigenvalue weighted by Gasteiger charge is 2.18. The summed E-state index contributed by atoms with van der Waals surface area (Å²) in [5.74, 6) is 0.000733. The molecule has 6 nitrogen and oxygen atoms in total. The minimum atomic E-state index is -0.593. The van der Waals surface area contributed by atoms with Crippen molar-refractivity contribution >= 4 is 40.6 Å². The molecule has 3 rings (SSSR count). The van der Waals surface area contributed by atoms with Crippen LogP contribution in [0.4, 0.5) is 5.88 Å². The standard InChI is InChI=1S/C13H8ClN3O3S2/c14-11(8-4-2-1-3-5-8)21-13-16-15-12(22-13)9-6-7-10(20-9)17(18)19/h1-7,11H. The van der Waals surface area contributed by atoms with Crippen LogP contribution >= 0.6 is 34.7 Å². The number of halogens is 1. The number of benzene rings is 1. The van der Waals surface area contributed by atoms with Crippen LogP contribution in [0.2, 0.25) is 0 Å². The van der Waals surface area contributed by atoms with Crippen LogP contribution in [-0.2, 0) is 0 Å². The predicted octanol–water partition coefficient (Wildman–Crippen LogP) is 4.74. The molecule has 0 aliphatic heterocycles. The fourth-order valence-electron chi connectivity index (χ4n) is 1.66. The van der Waals surface area contributed by atoms with E-state index >= 15 is 0 Å². The van der Waals surface area contributed by atoms with Gasteiger partial charge in [0.2, 0.25) is 0 Å². The molecule has 22 heavy (non-hydrogen) atoms. The molecule has 3 aromatic rings. The third kappa shape index (κ3) is 3.29. The molecule has 0 fully saturated rings. The highest BCUT2D eigenvalue weighted by atomic mass is 35.5. The highest BCUT2D eigenvalue weighted by Crippen LogP contribution is 2.41. The molecule has 2 aromatic heterocycles. The van der Waals surface area contributed by atoms with E-state index in [4.69, 9.17) is 16.0 Å². The number of nitrogens with zero attached hydrogens (tertiary/aromatic N) is 3. The van der Waals surface area contributed by atoms with Crippen molar-refractivity contribution in [3.05, 3.63) is 58.1 Å². The van der Waals surface area contributed by atoms with Crippen LogP contribution < -0.4 is 0 Å². The first-order valence-corrected chi connectivity index (χ1v) is 8.20. The van der Waals surface area contributed by atoms with Gasteiger partial charge in [0, 0.05) is 0 Å². The third-order valence-corrected chi connectivity index (χ3v) is 5.21. The summed E-state index contributed by atoms with van der Waals surface area (Å²) in [5.41, 5.74) is 0.972. The maximum atomic E-state index is 10.6. The normalized spacial score (nSPS) is 12.2. The highest BCUT2D eigenvalue weighted by molar-refractivity contribution is 8.02. The van der Waals surface area contributed by atoms with Gasteiger partial charge in [-0.3, -0.25) is 10.1 Å². The van der Waals surface area contributed by atoms with Crippen molar-refractivity contribution in [1.82, 2.24) is 10.2 Å². The van der Waals surface area contributed by atoms with Crippen LogP contribution in [0.1, 0.15) is 10.3 Å². The van der Waals surface area contributed by atoms with Gasteiger partial charge in [0.1, 0.15) is 9.63 Å². The van der Waals surface area contributed by atoms with E-state index in [1.54, 1.807) is 0 Å². The molecular weight excluding hydrogens is 346 g/mol. The topological polar surface area (TPSA) is 82.1 Å². The summed E-state index contributed by atoms with van der Waals surface area (Å²) in [5, 5.41) is 19.1. The van der Waals surface area contributed by atoms with Crippen LogP contribution in [0.5, 0.6) is 0 Å². The zero-order valence-corrected chi connectivity index (χ0v) is 13.3. The first-order valence-electron chi connectivity index (χ1n) is 6.07. The van der Waals surface area contributed by atoms with Crippen molar-refractivity contribution in [2.45, 2.75) is 9.05 Å². The van der Waals surface area contributed by atoms with Crippen molar-refractivity contribution < 1.29 is 9.34 Å². The molecule has 0 radical (unpaired) electrons. The second-order valence-electron chi connectivity index (χ2n) is 4.11. The van der Waals surface area contributed by atoms with Gasteiger partial charge in [-0.05, 0) is 11.6 Å². The molecule has 0 spiro atoms.